The van der Waals surface area contributed by atoms with Crippen LogP contribution in [-0.4, -0.2) is 25.7 Å². The molecule has 4 heteroatoms. The summed E-state index contributed by atoms with van der Waals surface area (Å²) in [4.78, 5) is 3.51. The van der Waals surface area contributed by atoms with E-state index in [1.807, 2.05) is 12.1 Å². The number of thioether (sulfide) groups is 2. The fraction of sp³-hybridized carbons (Fsp3) is 0.467. The molecule has 34 heavy (non-hydrogen) atoms. The number of phenolic OH excluding ortho intramolecular Hbond substituents is 1. The van der Waals surface area contributed by atoms with Crippen LogP contribution in [0.5, 0.6) is 5.75 Å². The van der Waals surface area contributed by atoms with Gasteiger partial charge in [0.15, 0.2) is 0 Å². The van der Waals surface area contributed by atoms with Gasteiger partial charge in [-0.25, -0.2) is 0 Å². The second-order valence-electron chi connectivity index (χ2n) is 11.1. The molecule has 176 valence electrons. The number of fused-ring (bicyclic) bond motifs is 7. The van der Waals surface area contributed by atoms with E-state index in [-0.39, 0.29) is 4.08 Å². The van der Waals surface area contributed by atoms with E-state index in [1.165, 1.54) is 71.2 Å². The number of rotatable bonds is 1. The summed E-state index contributed by atoms with van der Waals surface area (Å²) < 4.78 is 0.217. The smallest absolute Gasteiger partial charge is 0.115 e. The molecule has 0 radical (unpaired) electrons. The number of nitrogens with one attached hydrogen (secondary N) is 1. The van der Waals surface area contributed by atoms with Gasteiger partial charge in [0.05, 0.1) is 4.08 Å². The molecule has 1 aromatic heterocycles. The van der Waals surface area contributed by atoms with Crippen molar-refractivity contribution in [3.8, 4) is 5.75 Å². The van der Waals surface area contributed by atoms with Gasteiger partial charge in [-0.15, -0.1) is 23.5 Å². The molecule has 1 aliphatic heterocycles. The van der Waals surface area contributed by atoms with Crippen molar-refractivity contribution in [3.63, 3.8) is 0 Å². The highest BCUT2D eigenvalue weighted by molar-refractivity contribution is 8.19. The lowest BCUT2D eigenvalue weighted by atomic mass is 9.55. The monoisotopic (exact) mass is 487 g/mol. The molecule has 1 spiro atoms. The van der Waals surface area contributed by atoms with Gasteiger partial charge < -0.3 is 10.1 Å². The minimum atomic E-state index is 0.217. The number of para-hydroxylation sites is 1. The van der Waals surface area contributed by atoms with Crippen LogP contribution in [0, 0.1) is 17.3 Å². The molecule has 2 saturated carbocycles. The molecule has 3 aliphatic carbocycles. The zero-order valence-electron chi connectivity index (χ0n) is 19.8. The van der Waals surface area contributed by atoms with E-state index in [0.717, 1.165) is 18.3 Å². The number of benzene rings is 2. The van der Waals surface area contributed by atoms with Crippen LogP contribution in [0.4, 0.5) is 0 Å². The summed E-state index contributed by atoms with van der Waals surface area (Å²) in [5.41, 5.74) is 7.56. The second-order valence-corrected chi connectivity index (χ2v) is 14.0. The van der Waals surface area contributed by atoms with Crippen LogP contribution in [0.3, 0.4) is 0 Å². The molecule has 0 amide bonds. The molecule has 2 N–H and O–H groups in total. The molecule has 2 nitrogen and oxygen atoms in total. The quantitative estimate of drug-likeness (QED) is 0.365. The number of aromatic amines is 1. The van der Waals surface area contributed by atoms with E-state index in [9.17, 15) is 5.11 Å². The molecule has 2 heterocycles. The standard InChI is InChI=1S/C30H33NOS2/c1-29-12-11-25-23-10-8-22(32)16-19(23)7-9-26(25)27(29)17-21(30(29)33-13-4-14-34-30)15-20-18-31-28-6-3-2-5-24(20)28/h2-3,5-6,8,10,15-16,18,25-27,31-32H,4,7,9,11-14,17H2,1H3/b21-15+/t25-,26-,27+,29+/m1/s1. The SMILES string of the molecule is C[C@]12CC[C@@H]3c4ccc(O)cc4CC[C@H]3[C@@H]1C/C(=C\c1c[nH]c3ccccc13)C21SCCCS1. The fourth-order valence-corrected chi connectivity index (χ4v) is 12.0. The highest BCUT2D eigenvalue weighted by Crippen LogP contribution is 2.73. The lowest BCUT2D eigenvalue weighted by Crippen LogP contribution is -2.49. The normalized spacial score (nSPS) is 33.1. The Kier molecular flexibility index (Phi) is 4.97. The van der Waals surface area contributed by atoms with E-state index in [2.05, 4.69) is 78.0 Å². The highest BCUT2D eigenvalue weighted by Gasteiger charge is 2.65. The molecule has 0 bridgehead atoms. The van der Waals surface area contributed by atoms with E-state index in [0.29, 0.717) is 17.1 Å². The van der Waals surface area contributed by atoms with E-state index < -0.39 is 0 Å². The van der Waals surface area contributed by atoms with Crippen molar-refractivity contribution in [1.82, 2.24) is 4.98 Å². The van der Waals surface area contributed by atoms with Crippen LogP contribution < -0.4 is 0 Å². The topological polar surface area (TPSA) is 36.0 Å². The first-order valence-corrected chi connectivity index (χ1v) is 14.9. The first kappa shape index (κ1) is 21.5. The van der Waals surface area contributed by atoms with Gasteiger partial charge in [-0.2, -0.15) is 0 Å². The van der Waals surface area contributed by atoms with Crippen molar-refractivity contribution in [2.24, 2.45) is 17.3 Å². The van der Waals surface area contributed by atoms with Gasteiger partial charge in [0.25, 0.3) is 0 Å². The lowest BCUT2D eigenvalue weighted by molar-refractivity contribution is 0.0575. The van der Waals surface area contributed by atoms with Crippen molar-refractivity contribution in [1.29, 1.82) is 0 Å². The predicted octanol–water partition coefficient (Wildman–Crippen LogP) is 7.99. The molecule has 3 fully saturated rings. The molecule has 1 saturated heterocycles. The lowest BCUT2D eigenvalue weighted by Gasteiger charge is -2.55. The zero-order valence-corrected chi connectivity index (χ0v) is 21.5. The van der Waals surface area contributed by atoms with Gasteiger partial charge in [0, 0.05) is 17.1 Å². The maximum atomic E-state index is 10.1. The molecule has 4 aliphatic rings. The van der Waals surface area contributed by atoms with Gasteiger partial charge in [-0.3, -0.25) is 0 Å². The number of hydrogen-bond donors (Lipinski definition) is 2. The van der Waals surface area contributed by atoms with Gasteiger partial charge >= 0.3 is 0 Å². The molecule has 2 aromatic carbocycles. The zero-order chi connectivity index (χ0) is 22.9. The number of H-pyrrole nitrogens is 1. The number of phenols is 1. The summed E-state index contributed by atoms with van der Waals surface area (Å²) in [5.74, 6) is 5.16. The molecule has 0 unspecified atom stereocenters. The van der Waals surface area contributed by atoms with E-state index in [1.54, 1.807) is 5.57 Å². The Morgan fingerprint density at radius 1 is 1.09 bits per heavy atom. The van der Waals surface area contributed by atoms with Crippen molar-refractivity contribution in [2.75, 3.05) is 11.5 Å². The summed E-state index contributed by atoms with van der Waals surface area (Å²) in [7, 11) is 0. The minimum absolute atomic E-state index is 0.217. The molecule has 3 aromatic rings. The maximum Gasteiger partial charge on any atom is 0.115 e. The maximum absolute atomic E-state index is 10.1. The summed E-state index contributed by atoms with van der Waals surface area (Å²) in [6.07, 6.45) is 12.4. The van der Waals surface area contributed by atoms with Gasteiger partial charge in [0.1, 0.15) is 5.75 Å². The number of aromatic nitrogens is 1. The average molecular weight is 488 g/mol. The molecular weight excluding hydrogens is 454 g/mol. The Morgan fingerprint density at radius 2 is 1.94 bits per heavy atom. The van der Waals surface area contributed by atoms with Crippen molar-refractivity contribution in [3.05, 3.63) is 70.9 Å². The van der Waals surface area contributed by atoms with Gasteiger partial charge in [-0.1, -0.05) is 37.3 Å². The Hall–Kier alpha value is -1.78. The minimum Gasteiger partial charge on any atom is -0.508 e. The third-order valence-corrected chi connectivity index (χ3v) is 13.5. The largest absolute Gasteiger partial charge is 0.508 e. The Morgan fingerprint density at radius 3 is 2.82 bits per heavy atom. The first-order chi connectivity index (χ1) is 16.6. The summed E-state index contributed by atoms with van der Waals surface area (Å²) >= 11 is 4.54. The third kappa shape index (κ3) is 2.97. The van der Waals surface area contributed by atoms with Crippen LogP contribution in [0.25, 0.3) is 17.0 Å². The third-order valence-electron chi connectivity index (χ3n) is 9.56. The van der Waals surface area contributed by atoms with Gasteiger partial charge in [0.2, 0.25) is 0 Å². The highest BCUT2D eigenvalue weighted by atomic mass is 32.2. The Balaban J connectivity index is 1.33. The van der Waals surface area contributed by atoms with Gasteiger partial charge in [-0.05, 0) is 114 Å². The van der Waals surface area contributed by atoms with Crippen LogP contribution in [0.1, 0.15) is 61.6 Å². The fourth-order valence-electron chi connectivity index (χ4n) is 8.01. The Bertz CT molecular complexity index is 1290. The molecule has 4 atom stereocenters. The Labute approximate surface area is 211 Å². The molecular formula is C30H33NOS2. The number of hydrogen-bond acceptors (Lipinski definition) is 3. The summed E-state index contributed by atoms with van der Waals surface area (Å²) in [6.45, 7) is 2.65. The molecule has 7 rings (SSSR count). The second kappa shape index (κ2) is 7.86. The van der Waals surface area contributed by atoms with E-state index in [4.69, 9.17) is 0 Å². The van der Waals surface area contributed by atoms with Crippen LogP contribution in [0.2, 0.25) is 0 Å². The van der Waals surface area contributed by atoms with Crippen molar-refractivity contribution < 1.29 is 5.11 Å². The summed E-state index contributed by atoms with van der Waals surface area (Å²) in [6, 6.07) is 14.9. The van der Waals surface area contributed by atoms with Crippen molar-refractivity contribution in [2.45, 2.75) is 55.4 Å². The van der Waals surface area contributed by atoms with Crippen LogP contribution in [-0.2, 0) is 6.42 Å². The first-order valence-electron chi connectivity index (χ1n) is 13.0. The average Bonchev–Trinajstić information content (AvgIpc) is 3.37. The van der Waals surface area contributed by atoms with Crippen molar-refractivity contribution >= 4 is 40.5 Å². The van der Waals surface area contributed by atoms with Crippen LogP contribution >= 0.6 is 23.5 Å². The number of aryl methyl sites for hydroxylation is 1. The summed E-state index contributed by atoms with van der Waals surface area (Å²) in [5, 5.41) is 11.4. The van der Waals surface area contributed by atoms with Crippen LogP contribution in [0.15, 0.2) is 54.2 Å². The number of aromatic hydroxyl groups is 1. The predicted molar refractivity (Wildman–Crippen MR) is 147 cm³/mol. The van der Waals surface area contributed by atoms with E-state index >= 15 is 0 Å².